The van der Waals surface area contributed by atoms with Crippen LogP contribution >= 0.6 is 0 Å². The molecule has 18 heavy (non-hydrogen) atoms. The molecule has 0 amide bonds. The van der Waals surface area contributed by atoms with Gasteiger partial charge >= 0.3 is 5.97 Å². The fraction of sp³-hybridized carbons (Fsp3) is 0.533. The molecule has 2 rings (SSSR count). The third-order valence-electron chi connectivity index (χ3n) is 3.99. The first-order chi connectivity index (χ1) is 8.58. The lowest BCUT2D eigenvalue weighted by Crippen LogP contribution is -2.31. The van der Waals surface area contributed by atoms with Gasteiger partial charge in [0.05, 0.1) is 5.92 Å². The number of hydrogen-bond donors (Lipinski definition) is 2. The van der Waals surface area contributed by atoms with Gasteiger partial charge in [0.1, 0.15) is 0 Å². The van der Waals surface area contributed by atoms with E-state index in [0.29, 0.717) is 6.04 Å². The molecule has 2 N–H and O–H groups in total. The normalized spacial score (nSPS) is 23.7. The van der Waals surface area contributed by atoms with Crippen LogP contribution in [0.3, 0.4) is 0 Å². The lowest BCUT2D eigenvalue weighted by molar-refractivity contribution is -0.142. The number of aryl methyl sites for hydroxylation is 1. The highest BCUT2D eigenvalue weighted by atomic mass is 16.4. The van der Waals surface area contributed by atoms with Gasteiger partial charge in [0, 0.05) is 11.7 Å². The molecule has 1 saturated carbocycles. The first-order valence-corrected chi connectivity index (χ1v) is 6.63. The number of rotatable bonds is 3. The monoisotopic (exact) mass is 247 g/mol. The van der Waals surface area contributed by atoms with Crippen LogP contribution in [0.2, 0.25) is 0 Å². The maximum Gasteiger partial charge on any atom is 0.306 e. The Kier molecular flexibility index (Phi) is 3.90. The molecular weight excluding hydrogens is 226 g/mol. The van der Waals surface area contributed by atoms with Gasteiger partial charge in [0.25, 0.3) is 0 Å². The lowest BCUT2D eigenvalue weighted by Gasteiger charge is -2.29. The third-order valence-corrected chi connectivity index (χ3v) is 3.99. The summed E-state index contributed by atoms with van der Waals surface area (Å²) in [5.74, 6) is -0.830. The maximum atomic E-state index is 11.0. The van der Waals surface area contributed by atoms with Crippen molar-refractivity contribution in [1.82, 2.24) is 0 Å². The van der Waals surface area contributed by atoms with Crippen molar-refractivity contribution in [1.29, 1.82) is 0 Å². The molecule has 3 nitrogen and oxygen atoms in total. The molecule has 0 bridgehead atoms. The molecule has 0 aliphatic heterocycles. The highest BCUT2D eigenvalue weighted by Gasteiger charge is 2.26. The van der Waals surface area contributed by atoms with E-state index in [0.717, 1.165) is 31.4 Å². The molecule has 1 aliphatic carbocycles. The van der Waals surface area contributed by atoms with Crippen molar-refractivity contribution in [3.05, 3.63) is 29.3 Å². The first-order valence-electron chi connectivity index (χ1n) is 6.63. The first kappa shape index (κ1) is 12.9. The highest BCUT2D eigenvalue weighted by Crippen LogP contribution is 2.28. The summed E-state index contributed by atoms with van der Waals surface area (Å²) in [6.07, 6.45) is 3.62. The predicted molar refractivity (Wildman–Crippen MR) is 72.9 cm³/mol. The van der Waals surface area contributed by atoms with Crippen molar-refractivity contribution in [3.8, 4) is 0 Å². The second-order valence-electron chi connectivity index (χ2n) is 5.29. The molecule has 2 unspecified atom stereocenters. The lowest BCUT2D eigenvalue weighted by atomic mass is 9.85. The summed E-state index contributed by atoms with van der Waals surface area (Å²) in [7, 11) is 0. The Morgan fingerprint density at radius 3 is 2.83 bits per heavy atom. The smallest absolute Gasteiger partial charge is 0.306 e. The number of carbonyl (C=O) groups is 1. The fourth-order valence-electron chi connectivity index (χ4n) is 2.67. The molecule has 1 aromatic rings. The second-order valence-corrected chi connectivity index (χ2v) is 5.29. The number of hydrogen-bond acceptors (Lipinski definition) is 2. The van der Waals surface area contributed by atoms with Crippen LogP contribution in [-0.4, -0.2) is 17.1 Å². The number of carboxylic acids is 1. The molecule has 0 saturated heterocycles. The minimum absolute atomic E-state index is 0.179. The highest BCUT2D eigenvalue weighted by molar-refractivity contribution is 5.70. The standard InChI is InChI=1S/C15H21NO2/c1-10-5-3-8-14(11(10)2)16-13-7-4-6-12(9-13)15(17)18/h3,5,8,12-13,16H,4,6-7,9H2,1-2H3,(H,17,18). The van der Waals surface area contributed by atoms with Gasteiger partial charge in [0.2, 0.25) is 0 Å². The molecule has 3 heteroatoms. The van der Waals surface area contributed by atoms with Gasteiger partial charge in [-0.15, -0.1) is 0 Å². The van der Waals surface area contributed by atoms with Crippen molar-refractivity contribution in [2.75, 3.05) is 5.32 Å². The van der Waals surface area contributed by atoms with Crippen molar-refractivity contribution >= 4 is 11.7 Å². The Morgan fingerprint density at radius 1 is 1.33 bits per heavy atom. The van der Waals surface area contributed by atoms with Crippen LogP contribution in [-0.2, 0) is 4.79 Å². The zero-order chi connectivity index (χ0) is 13.1. The van der Waals surface area contributed by atoms with Crippen LogP contribution in [0.15, 0.2) is 18.2 Å². The van der Waals surface area contributed by atoms with E-state index in [9.17, 15) is 4.79 Å². The topological polar surface area (TPSA) is 49.3 Å². The number of anilines is 1. The fourth-order valence-corrected chi connectivity index (χ4v) is 2.67. The number of nitrogens with one attached hydrogen (secondary N) is 1. The van der Waals surface area contributed by atoms with E-state index in [1.165, 1.54) is 11.1 Å². The molecule has 0 aromatic heterocycles. The van der Waals surface area contributed by atoms with Gasteiger partial charge < -0.3 is 10.4 Å². The summed E-state index contributed by atoms with van der Waals surface area (Å²) in [5, 5.41) is 12.6. The van der Waals surface area contributed by atoms with Crippen molar-refractivity contribution in [2.24, 2.45) is 5.92 Å². The largest absolute Gasteiger partial charge is 0.481 e. The van der Waals surface area contributed by atoms with Crippen molar-refractivity contribution in [2.45, 2.75) is 45.6 Å². The Bertz CT molecular complexity index is 442. The molecule has 1 aromatic carbocycles. The van der Waals surface area contributed by atoms with Crippen LogP contribution in [0.1, 0.15) is 36.8 Å². The van der Waals surface area contributed by atoms with Gasteiger partial charge in [-0.3, -0.25) is 4.79 Å². The van der Waals surface area contributed by atoms with Crippen LogP contribution in [0.5, 0.6) is 0 Å². The van der Waals surface area contributed by atoms with Crippen molar-refractivity contribution in [3.63, 3.8) is 0 Å². The van der Waals surface area contributed by atoms with Gasteiger partial charge in [-0.25, -0.2) is 0 Å². The minimum Gasteiger partial charge on any atom is -0.481 e. The van der Waals surface area contributed by atoms with Crippen LogP contribution in [0, 0.1) is 19.8 Å². The van der Waals surface area contributed by atoms with E-state index in [1.54, 1.807) is 0 Å². The zero-order valence-corrected chi connectivity index (χ0v) is 11.1. The van der Waals surface area contributed by atoms with E-state index in [4.69, 9.17) is 5.11 Å². The number of benzene rings is 1. The molecule has 0 spiro atoms. The Labute approximate surface area is 108 Å². The number of carboxylic acid groups (broad SMARTS) is 1. The molecule has 1 fully saturated rings. The average Bonchev–Trinajstić information content (AvgIpc) is 2.35. The summed E-state index contributed by atoms with van der Waals surface area (Å²) in [5.41, 5.74) is 3.67. The van der Waals surface area contributed by atoms with Gasteiger partial charge in [0.15, 0.2) is 0 Å². The predicted octanol–water partition coefficient (Wildman–Crippen LogP) is 3.36. The number of aliphatic carboxylic acids is 1. The summed E-state index contributed by atoms with van der Waals surface area (Å²) in [4.78, 5) is 11.0. The molecule has 1 aliphatic rings. The Morgan fingerprint density at radius 2 is 2.11 bits per heavy atom. The SMILES string of the molecule is Cc1cccc(NC2CCCC(C(=O)O)C2)c1C. The van der Waals surface area contributed by atoms with Crippen LogP contribution < -0.4 is 5.32 Å². The summed E-state index contributed by atoms with van der Waals surface area (Å²) in [6, 6.07) is 6.51. The van der Waals surface area contributed by atoms with Gasteiger partial charge in [-0.05, 0) is 50.3 Å². The van der Waals surface area contributed by atoms with E-state index in [2.05, 4.69) is 31.3 Å². The van der Waals surface area contributed by atoms with E-state index in [1.807, 2.05) is 6.07 Å². The third kappa shape index (κ3) is 2.84. The summed E-state index contributed by atoms with van der Waals surface area (Å²) in [6.45, 7) is 4.20. The molecule has 2 atom stereocenters. The second kappa shape index (κ2) is 5.42. The van der Waals surface area contributed by atoms with E-state index >= 15 is 0 Å². The minimum atomic E-state index is -0.650. The van der Waals surface area contributed by atoms with Gasteiger partial charge in [-0.2, -0.15) is 0 Å². The molecule has 0 radical (unpaired) electrons. The molecular formula is C15H21NO2. The Hall–Kier alpha value is -1.51. The summed E-state index contributed by atoms with van der Waals surface area (Å²) < 4.78 is 0. The Balaban J connectivity index is 2.05. The van der Waals surface area contributed by atoms with Crippen LogP contribution in [0.4, 0.5) is 5.69 Å². The average molecular weight is 247 g/mol. The summed E-state index contributed by atoms with van der Waals surface area (Å²) >= 11 is 0. The zero-order valence-electron chi connectivity index (χ0n) is 11.1. The molecule has 0 heterocycles. The van der Waals surface area contributed by atoms with Crippen molar-refractivity contribution < 1.29 is 9.90 Å². The van der Waals surface area contributed by atoms with Gasteiger partial charge in [-0.1, -0.05) is 18.6 Å². The quantitative estimate of drug-likeness (QED) is 0.861. The maximum absolute atomic E-state index is 11.0. The van der Waals surface area contributed by atoms with Crippen LogP contribution in [0.25, 0.3) is 0 Å². The van der Waals surface area contributed by atoms with E-state index in [-0.39, 0.29) is 5.92 Å². The molecule has 98 valence electrons. The van der Waals surface area contributed by atoms with E-state index < -0.39 is 5.97 Å².